The van der Waals surface area contributed by atoms with Gasteiger partial charge in [0.15, 0.2) is 0 Å². The molecule has 0 aliphatic rings. The number of carbonyl (C=O) groups is 1. The lowest BCUT2D eigenvalue weighted by molar-refractivity contribution is 0.0786. The van der Waals surface area contributed by atoms with E-state index < -0.39 is 0 Å². The summed E-state index contributed by atoms with van der Waals surface area (Å²) < 4.78 is 0. The quantitative estimate of drug-likeness (QED) is 0.833. The average Bonchev–Trinajstić information content (AvgIpc) is 2.34. The molecule has 3 nitrogen and oxygen atoms in total. The minimum atomic E-state index is 0.0855. The second-order valence-electron chi connectivity index (χ2n) is 6.36. The minimum Gasteiger partial charge on any atom is -0.340 e. The number of nitrogens with zero attached hydrogens (tertiary/aromatic N) is 2. The van der Waals surface area contributed by atoms with Gasteiger partial charge in [-0.2, -0.15) is 0 Å². The lowest BCUT2D eigenvalue weighted by atomic mass is 9.86. The summed E-state index contributed by atoms with van der Waals surface area (Å²) in [6.45, 7) is 8.14. The smallest absolute Gasteiger partial charge is 0.253 e. The molecule has 0 spiro atoms. The van der Waals surface area contributed by atoms with Crippen LogP contribution in [0.15, 0.2) is 24.3 Å². The van der Waals surface area contributed by atoms with E-state index in [1.807, 2.05) is 45.4 Å². The van der Waals surface area contributed by atoms with E-state index >= 15 is 0 Å². The first-order valence-electron chi connectivity index (χ1n) is 6.72. The normalized spacial score (nSPS) is 11.7. The molecular formula is C16H26N2O. The molecular weight excluding hydrogens is 236 g/mol. The first kappa shape index (κ1) is 15.7. The third kappa shape index (κ3) is 4.67. The summed E-state index contributed by atoms with van der Waals surface area (Å²) in [5, 5.41) is 0. The van der Waals surface area contributed by atoms with Gasteiger partial charge in [-0.15, -0.1) is 0 Å². The summed E-state index contributed by atoms with van der Waals surface area (Å²) in [5.74, 6) is 0.0855. The third-order valence-electron chi connectivity index (χ3n) is 3.23. The fourth-order valence-corrected chi connectivity index (χ4v) is 1.78. The van der Waals surface area contributed by atoms with E-state index in [0.29, 0.717) is 0 Å². The molecule has 0 unspecified atom stereocenters. The van der Waals surface area contributed by atoms with Gasteiger partial charge in [-0.25, -0.2) is 0 Å². The Morgan fingerprint density at radius 1 is 1.00 bits per heavy atom. The Kier molecular flexibility index (Phi) is 5.12. The van der Waals surface area contributed by atoms with E-state index in [2.05, 4.69) is 25.7 Å². The molecule has 1 amide bonds. The van der Waals surface area contributed by atoms with Crippen molar-refractivity contribution in [2.24, 2.45) is 0 Å². The zero-order valence-corrected chi connectivity index (χ0v) is 13.0. The van der Waals surface area contributed by atoms with E-state index in [1.54, 1.807) is 4.90 Å². The van der Waals surface area contributed by atoms with Gasteiger partial charge in [-0.1, -0.05) is 32.9 Å². The summed E-state index contributed by atoms with van der Waals surface area (Å²) in [5.41, 5.74) is 2.13. The van der Waals surface area contributed by atoms with Crippen LogP contribution in [0.3, 0.4) is 0 Å². The van der Waals surface area contributed by atoms with Crippen molar-refractivity contribution in [1.82, 2.24) is 9.80 Å². The molecule has 1 rings (SSSR count). The van der Waals surface area contributed by atoms with Crippen molar-refractivity contribution in [3.63, 3.8) is 0 Å². The van der Waals surface area contributed by atoms with Crippen LogP contribution in [0.5, 0.6) is 0 Å². The molecule has 106 valence electrons. The van der Waals surface area contributed by atoms with E-state index in [4.69, 9.17) is 0 Å². The molecule has 0 bridgehead atoms. The molecule has 3 heteroatoms. The molecule has 0 aliphatic carbocycles. The molecule has 0 saturated carbocycles. The van der Waals surface area contributed by atoms with E-state index in [-0.39, 0.29) is 11.3 Å². The minimum absolute atomic E-state index is 0.0855. The largest absolute Gasteiger partial charge is 0.340 e. The van der Waals surface area contributed by atoms with Gasteiger partial charge in [0.05, 0.1) is 0 Å². The summed E-state index contributed by atoms with van der Waals surface area (Å²) >= 11 is 0. The lowest BCUT2D eigenvalue weighted by Crippen LogP contribution is -2.33. The Bertz CT molecular complexity index is 415. The predicted molar refractivity (Wildman–Crippen MR) is 80.7 cm³/mol. The van der Waals surface area contributed by atoms with Gasteiger partial charge in [-0.05, 0) is 37.2 Å². The predicted octanol–water partition coefficient (Wildman–Crippen LogP) is 2.62. The van der Waals surface area contributed by atoms with Crippen LogP contribution in [0, 0.1) is 0 Å². The first-order chi connectivity index (χ1) is 8.71. The van der Waals surface area contributed by atoms with Crippen molar-refractivity contribution < 1.29 is 4.79 Å². The van der Waals surface area contributed by atoms with Crippen LogP contribution in [-0.4, -0.2) is 49.9 Å². The number of amides is 1. The highest BCUT2D eigenvalue weighted by Gasteiger charge is 2.15. The van der Waals surface area contributed by atoms with Gasteiger partial charge in [0.25, 0.3) is 5.91 Å². The highest BCUT2D eigenvalue weighted by atomic mass is 16.2. The molecule has 0 radical (unpaired) electrons. The van der Waals surface area contributed by atoms with Crippen molar-refractivity contribution in [2.45, 2.75) is 26.2 Å². The molecule has 0 aliphatic heterocycles. The lowest BCUT2D eigenvalue weighted by Gasteiger charge is -2.21. The molecule has 0 fully saturated rings. The van der Waals surface area contributed by atoms with Crippen LogP contribution in [0.1, 0.15) is 36.7 Å². The maximum absolute atomic E-state index is 12.2. The van der Waals surface area contributed by atoms with Crippen molar-refractivity contribution in [2.75, 3.05) is 34.2 Å². The second kappa shape index (κ2) is 6.20. The van der Waals surface area contributed by atoms with Crippen LogP contribution in [0.4, 0.5) is 0 Å². The van der Waals surface area contributed by atoms with Crippen LogP contribution in [0.2, 0.25) is 0 Å². The van der Waals surface area contributed by atoms with Crippen LogP contribution < -0.4 is 0 Å². The number of carbonyl (C=O) groups excluding carboxylic acids is 1. The zero-order valence-electron chi connectivity index (χ0n) is 13.0. The summed E-state index contributed by atoms with van der Waals surface area (Å²) in [6, 6.07) is 7.95. The van der Waals surface area contributed by atoms with Crippen molar-refractivity contribution >= 4 is 5.91 Å². The van der Waals surface area contributed by atoms with Gasteiger partial charge in [-0.3, -0.25) is 4.79 Å². The van der Waals surface area contributed by atoms with Crippen molar-refractivity contribution in [1.29, 1.82) is 0 Å². The highest BCUT2D eigenvalue weighted by Crippen LogP contribution is 2.22. The SMILES string of the molecule is CN(C)CCN(C)C(=O)c1ccc(C(C)(C)C)cc1. The van der Waals surface area contributed by atoms with Gasteiger partial charge < -0.3 is 9.80 Å². The standard InChI is InChI=1S/C16H26N2O/c1-16(2,3)14-9-7-13(8-10-14)15(19)18(6)12-11-17(4)5/h7-10H,11-12H2,1-6H3. The Hall–Kier alpha value is -1.35. The summed E-state index contributed by atoms with van der Waals surface area (Å²) in [7, 11) is 5.87. The van der Waals surface area contributed by atoms with Gasteiger partial charge in [0.2, 0.25) is 0 Å². The maximum atomic E-state index is 12.2. The van der Waals surface area contributed by atoms with E-state index in [9.17, 15) is 4.79 Å². The fourth-order valence-electron chi connectivity index (χ4n) is 1.78. The highest BCUT2D eigenvalue weighted by molar-refractivity contribution is 5.94. The number of benzene rings is 1. The molecule has 0 heterocycles. The average molecular weight is 262 g/mol. The molecule has 1 aromatic rings. The van der Waals surface area contributed by atoms with E-state index in [1.165, 1.54) is 5.56 Å². The molecule has 0 atom stereocenters. The number of hydrogen-bond donors (Lipinski definition) is 0. The van der Waals surface area contributed by atoms with Crippen LogP contribution in [0.25, 0.3) is 0 Å². The summed E-state index contributed by atoms with van der Waals surface area (Å²) in [4.78, 5) is 16.1. The molecule has 0 aromatic heterocycles. The Balaban J connectivity index is 2.72. The molecule has 19 heavy (non-hydrogen) atoms. The van der Waals surface area contributed by atoms with Crippen LogP contribution >= 0.6 is 0 Å². The van der Waals surface area contributed by atoms with Crippen molar-refractivity contribution in [3.05, 3.63) is 35.4 Å². The molecule has 0 N–H and O–H groups in total. The molecule has 1 aromatic carbocycles. The van der Waals surface area contributed by atoms with Gasteiger partial charge in [0, 0.05) is 25.7 Å². The zero-order chi connectivity index (χ0) is 14.6. The Labute approximate surface area is 117 Å². The molecule has 0 saturated heterocycles. The fraction of sp³-hybridized carbons (Fsp3) is 0.562. The maximum Gasteiger partial charge on any atom is 0.253 e. The topological polar surface area (TPSA) is 23.6 Å². The number of rotatable bonds is 4. The number of hydrogen-bond acceptors (Lipinski definition) is 2. The number of likely N-dealkylation sites (N-methyl/N-ethyl adjacent to an activating group) is 2. The Morgan fingerprint density at radius 2 is 1.53 bits per heavy atom. The Morgan fingerprint density at radius 3 is 1.95 bits per heavy atom. The van der Waals surface area contributed by atoms with Crippen molar-refractivity contribution in [3.8, 4) is 0 Å². The second-order valence-corrected chi connectivity index (χ2v) is 6.36. The van der Waals surface area contributed by atoms with E-state index in [0.717, 1.165) is 18.7 Å². The third-order valence-corrected chi connectivity index (χ3v) is 3.23. The first-order valence-corrected chi connectivity index (χ1v) is 6.72. The summed E-state index contributed by atoms with van der Waals surface area (Å²) in [6.07, 6.45) is 0. The van der Waals surface area contributed by atoms with Gasteiger partial charge in [0.1, 0.15) is 0 Å². The van der Waals surface area contributed by atoms with Crippen LogP contribution in [-0.2, 0) is 5.41 Å². The van der Waals surface area contributed by atoms with Gasteiger partial charge >= 0.3 is 0 Å². The monoisotopic (exact) mass is 262 g/mol.